The molecule has 1 aromatic heterocycles. The second-order valence-corrected chi connectivity index (χ2v) is 4.12. The summed E-state index contributed by atoms with van der Waals surface area (Å²) in [7, 11) is 0. The predicted molar refractivity (Wildman–Crippen MR) is 60.7 cm³/mol. The van der Waals surface area contributed by atoms with Crippen LogP contribution in [-0.4, -0.2) is 36.3 Å². The normalized spacial score (nSPS) is 22.8. The molecule has 2 rings (SSSR count). The second kappa shape index (κ2) is 5.33. The molecule has 19 heavy (non-hydrogen) atoms. The zero-order chi connectivity index (χ0) is 14.0. The van der Waals surface area contributed by atoms with Crippen molar-refractivity contribution in [1.82, 2.24) is 4.98 Å². The first-order valence-electron chi connectivity index (χ1n) is 5.59. The van der Waals surface area contributed by atoms with E-state index in [1.165, 1.54) is 23.1 Å². The van der Waals surface area contributed by atoms with Crippen LogP contribution in [0.25, 0.3) is 0 Å². The lowest BCUT2D eigenvalue weighted by atomic mass is 10.2. The Kier molecular flexibility index (Phi) is 3.77. The van der Waals surface area contributed by atoms with Gasteiger partial charge in [-0.25, -0.2) is 4.39 Å². The standard InChI is InChI=1S/C11H12F3N3O2/c12-6-4-7(10(15)18)17(5-6)8-2-1-3-9(16-8)19-11(13)14/h1-3,6-7,11H,4-5H2,(H2,15,18). The topological polar surface area (TPSA) is 68.5 Å². The van der Waals surface area contributed by atoms with Crippen LogP contribution >= 0.6 is 0 Å². The molecule has 1 amide bonds. The number of rotatable bonds is 4. The molecule has 5 nitrogen and oxygen atoms in total. The monoisotopic (exact) mass is 275 g/mol. The molecular weight excluding hydrogens is 263 g/mol. The van der Waals surface area contributed by atoms with Crippen molar-refractivity contribution in [2.24, 2.45) is 5.73 Å². The number of aromatic nitrogens is 1. The summed E-state index contributed by atoms with van der Waals surface area (Å²) in [6.45, 7) is -3.05. The van der Waals surface area contributed by atoms with Gasteiger partial charge < -0.3 is 15.4 Å². The molecule has 1 saturated heterocycles. The van der Waals surface area contributed by atoms with Crippen molar-refractivity contribution in [2.75, 3.05) is 11.4 Å². The van der Waals surface area contributed by atoms with E-state index in [1.807, 2.05) is 0 Å². The van der Waals surface area contributed by atoms with Gasteiger partial charge in [-0.1, -0.05) is 6.07 Å². The first-order valence-corrected chi connectivity index (χ1v) is 5.59. The van der Waals surface area contributed by atoms with Gasteiger partial charge in [0.1, 0.15) is 18.0 Å². The number of hydrogen-bond donors (Lipinski definition) is 1. The van der Waals surface area contributed by atoms with Gasteiger partial charge in [0.05, 0.1) is 6.54 Å². The predicted octanol–water partition coefficient (Wildman–Crippen LogP) is 1.09. The molecular formula is C11H12F3N3O2. The van der Waals surface area contributed by atoms with Crippen LogP contribution in [0.2, 0.25) is 0 Å². The molecule has 1 aromatic rings. The van der Waals surface area contributed by atoms with Gasteiger partial charge in [-0.05, 0) is 6.07 Å². The Morgan fingerprint density at radius 2 is 2.26 bits per heavy atom. The van der Waals surface area contributed by atoms with Gasteiger partial charge in [-0.3, -0.25) is 4.79 Å². The van der Waals surface area contributed by atoms with Crippen molar-refractivity contribution in [1.29, 1.82) is 0 Å². The number of primary amides is 1. The second-order valence-electron chi connectivity index (χ2n) is 4.12. The summed E-state index contributed by atoms with van der Waals surface area (Å²) in [5.74, 6) is -0.790. The van der Waals surface area contributed by atoms with E-state index in [-0.39, 0.29) is 24.7 Å². The van der Waals surface area contributed by atoms with Crippen LogP contribution in [0.15, 0.2) is 18.2 Å². The van der Waals surface area contributed by atoms with E-state index in [0.29, 0.717) is 0 Å². The highest BCUT2D eigenvalue weighted by Gasteiger charge is 2.36. The Balaban J connectivity index is 2.23. The van der Waals surface area contributed by atoms with Crippen LogP contribution in [0, 0.1) is 0 Å². The van der Waals surface area contributed by atoms with Gasteiger partial charge in [0.25, 0.3) is 0 Å². The van der Waals surface area contributed by atoms with Crippen LogP contribution in [0.1, 0.15) is 6.42 Å². The minimum Gasteiger partial charge on any atom is -0.417 e. The fraction of sp³-hybridized carbons (Fsp3) is 0.455. The number of hydrogen-bond acceptors (Lipinski definition) is 4. The number of nitrogens with two attached hydrogens (primary N) is 1. The molecule has 2 atom stereocenters. The lowest BCUT2D eigenvalue weighted by molar-refractivity contribution is -0.119. The molecule has 104 valence electrons. The van der Waals surface area contributed by atoms with Crippen LogP contribution in [-0.2, 0) is 4.79 Å². The van der Waals surface area contributed by atoms with Gasteiger partial charge in [-0.2, -0.15) is 13.8 Å². The van der Waals surface area contributed by atoms with Crippen molar-refractivity contribution >= 4 is 11.7 Å². The zero-order valence-electron chi connectivity index (χ0n) is 9.80. The molecule has 2 N–H and O–H groups in total. The van der Waals surface area contributed by atoms with E-state index in [4.69, 9.17) is 5.73 Å². The first kappa shape index (κ1) is 13.4. The number of nitrogens with zero attached hydrogens (tertiary/aromatic N) is 2. The molecule has 1 aliphatic rings. The van der Waals surface area contributed by atoms with Crippen molar-refractivity contribution in [3.63, 3.8) is 0 Å². The van der Waals surface area contributed by atoms with Gasteiger partial charge in [0.15, 0.2) is 0 Å². The average Bonchev–Trinajstić information content (AvgIpc) is 2.71. The van der Waals surface area contributed by atoms with Gasteiger partial charge in [-0.15, -0.1) is 0 Å². The minimum absolute atomic E-state index is 0.0308. The molecule has 0 saturated carbocycles. The number of pyridine rings is 1. The Morgan fingerprint density at radius 1 is 1.53 bits per heavy atom. The summed E-state index contributed by atoms with van der Waals surface area (Å²) in [5.41, 5.74) is 5.18. The van der Waals surface area contributed by atoms with Crippen LogP contribution in [0.5, 0.6) is 5.88 Å². The Hall–Kier alpha value is -1.99. The number of amides is 1. The Bertz CT molecular complexity index is 472. The largest absolute Gasteiger partial charge is 0.417 e. The third-order valence-electron chi connectivity index (χ3n) is 2.79. The van der Waals surface area contributed by atoms with Crippen molar-refractivity contribution < 1.29 is 22.7 Å². The van der Waals surface area contributed by atoms with Crippen molar-refractivity contribution in [2.45, 2.75) is 25.2 Å². The molecule has 0 radical (unpaired) electrons. The summed E-state index contributed by atoms with van der Waals surface area (Å²) in [6.07, 6.45) is -1.24. The molecule has 0 aromatic carbocycles. The van der Waals surface area contributed by atoms with Crippen molar-refractivity contribution in [3.8, 4) is 5.88 Å². The summed E-state index contributed by atoms with van der Waals surface area (Å²) < 4.78 is 41.7. The van der Waals surface area contributed by atoms with Crippen LogP contribution in [0.4, 0.5) is 19.0 Å². The van der Waals surface area contributed by atoms with Crippen molar-refractivity contribution in [3.05, 3.63) is 18.2 Å². The first-order chi connectivity index (χ1) is 8.97. The maximum atomic E-state index is 13.4. The maximum Gasteiger partial charge on any atom is 0.388 e. The van der Waals surface area contributed by atoms with Gasteiger partial charge in [0.2, 0.25) is 11.8 Å². The number of ether oxygens (including phenoxy) is 1. The minimum atomic E-state index is -3.00. The molecule has 8 heteroatoms. The van der Waals surface area contributed by atoms with Crippen LogP contribution in [0.3, 0.4) is 0 Å². The lowest BCUT2D eigenvalue weighted by Gasteiger charge is -2.23. The van der Waals surface area contributed by atoms with E-state index in [2.05, 4.69) is 9.72 Å². The van der Waals surface area contributed by atoms with E-state index < -0.39 is 24.7 Å². The highest BCUT2D eigenvalue weighted by atomic mass is 19.3. The molecule has 0 aliphatic carbocycles. The summed E-state index contributed by atoms with van der Waals surface area (Å²) in [5, 5.41) is 0. The van der Waals surface area contributed by atoms with E-state index in [1.54, 1.807) is 0 Å². The number of carbonyl (C=O) groups is 1. The van der Waals surface area contributed by atoms with E-state index in [0.717, 1.165) is 0 Å². The van der Waals surface area contributed by atoms with E-state index in [9.17, 15) is 18.0 Å². The molecule has 0 bridgehead atoms. The quantitative estimate of drug-likeness (QED) is 0.893. The Morgan fingerprint density at radius 3 is 2.89 bits per heavy atom. The van der Waals surface area contributed by atoms with Crippen LogP contribution < -0.4 is 15.4 Å². The highest BCUT2D eigenvalue weighted by molar-refractivity contribution is 5.84. The summed E-state index contributed by atoms with van der Waals surface area (Å²) >= 11 is 0. The maximum absolute atomic E-state index is 13.4. The average molecular weight is 275 g/mol. The SMILES string of the molecule is NC(=O)C1CC(F)CN1c1cccc(OC(F)F)n1. The lowest BCUT2D eigenvalue weighted by Crippen LogP contribution is -2.40. The molecule has 0 spiro atoms. The molecule has 2 unspecified atom stereocenters. The molecule has 1 aliphatic heterocycles. The number of alkyl halides is 3. The fourth-order valence-corrected chi connectivity index (χ4v) is 2.03. The fourth-order valence-electron chi connectivity index (χ4n) is 2.03. The molecule has 2 heterocycles. The molecule has 1 fully saturated rings. The van der Waals surface area contributed by atoms with Gasteiger partial charge >= 0.3 is 6.61 Å². The summed E-state index contributed by atoms with van der Waals surface area (Å²) in [6, 6.07) is 3.33. The highest BCUT2D eigenvalue weighted by Crippen LogP contribution is 2.27. The zero-order valence-corrected chi connectivity index (χ0v) is 9.80. The van der Waals surface area contributed by atoms with Gasteiger partial charge in [0, 0.05) is 12.5 Å². The third-order valence-corrected chi connectivity index (χ3v) is 2.79. The smallest absolute Gasteiger partial charge is 0.388 e. The number of anilines is 1. The number of carbonyl (C=O) groups excluding carboxylic acids is 1. The summed E-state index contributed by atoms with van der Waals surface area (Å²) in [4.78, 5) is 16.4. The third kappa shape index (κ3) is 3.07. The Labute approximate surface area is 107 Å². The number of halogens is 3. The van der Waals surface area contributed by atoms with E-state index >= 15 is 0 Å².